The normalized spacial score (nSPS) is 23.0. The maximum atomic E-state index is 14.0. The smallest absolute Gasteiger partial charge is 0.350 e. The number of rotatable bonds is 4. The molecule has 33 heavy (non-hydrogen) atoms. The Labute approximate surface area is 201 Å². The second kappa shape index (κ2) is 9.72. The second-order valence-electron chi connectivity index (χ2n) is 10.2. The Morgan fingerprint density at radius 1 is 1.30 bits per heavy atom. The fourth-order valence-electron chi connectivity index (χ4n) is 4.41. The van der Waals surface area contributed by atoms with E-state index in [0.29, 0.717) is 34.8 Å². The van der Waals surface area contributed by atoms with Crippen LogP contribution in [0.2, 0.25) is 0 Å². The summed E-state index contributed by atoms with van der Waals surface area (Å²) in [6.45, 7) is 10.8. The number of hydrogen-bond acceptors (Lipinski definition) is 5. The van der Waals surface area contributed by atoms with Gasteiger partial charge in [-0.1, -0.05) is 30.4 Å². The molecule has 0 aromatic carbocycles. The summed E-state index contributed by atoms with van der Waals surface area (Å²) in [5.74, 6) is 5.48. The second-order valence-corrected chi connectivity index (χ2v) is 11.2. The SMILES string of the molecule is COC(=O)c1sc(C#CC(C)(C)C)cc1N(C(=O)[C@H]1CC=C(C)C[C@@H]1C)[C@H]1CCN(C)C1=O. The predicted molar refractivity (Wildman–Crippen MR) is 131 cm³/mol. The van der Waals surface area contributed by atoms with Gasteiger partial charge in [0.1, 0.15) is 10.9 Å². The topological polar surface area (TPSA) is 66.9 Å². The molecule has 1 fully saturated rings. The molecule has 178 valence electrons. The van der Waals surface area contributed by atoms with E-state index >= 15 is 0 Å². The van der Waals surface area contributed by atoms with Gasteiger partial charge in [0.2, 0.25) is 11.8 Å². The molecule has 0 N–H and O–H groups in total. The summed E-state index contributed by atoms with van der Waals surface area (Å²) >= 11 is 1.21. The number of likely N-dealkylation sites (N-methyl/N-ethyl adjacent to an activating group) is 1. The standard InChI is InChI=1S/C26H34N2O4S/c1-16-8-9-19(17(2)14-16)23(29)28(20-11-13-27(6)24(20)30)21-15-18(10-12-26(3,4)5)33-22(21)25(31)32-7/h8,15,17,19-20H,9,11,13-14H2,1-7H3/t17-,19-,20-/m0/s1. The first-order valence-corrected chi connectivity index (χ1v) is 12.2. The molecule has 1 aromatic heterocycles. The van der Waals surface area contributed by atoms with E-state index < -0.39 is 12.0 Å². The lowest BCUT2D eigenvalue weighted by molar-refractivity contribution is -0.131. The molecule has 1 aliphatic heterocycles. The average Bonchev–Trinajstić information content (AvgIpc) is 3.30. The molecule has 1 aromatic rings. The van der Waals surface area contributed by atoms with Crippen LogP contribution in [0.5, 0.6) is 0 Å². The Hall–Kier alpha value is -2.59. The summed E-state index contributed by atoms with van der Waals surface area (Å²) in [5.41, 5.74) is 1.50. The minimum absolute atomic E-state index is 0.108. The van der Waals surface area contributed by atoms with E-state index in [1.54, 1.807) is 22.9 Å². The third-order valence-corrected chi connectivity index (χ3v) is 7.24. The summed E-state index contributed by atoms with van der Waals surface area (Å²) in [6.07, 6.45) is 4.11. The summed E-state index contributed by atoms with van der Waals surface area (Å²) in [7, 11) is 3.07. The van der Waals surface area contributed by atoms with E-state index in [2.05, 4.69) is 31.8 Å². The van der Waals surface area contributed by atoms with Crippen LogP contribution in [0.25, 0.3) is 0 Å². The Balaban J connectivity index is 2.12. The van der Waals surface area contributed by atoms with Gasteiger partial charge in [-0.05, 0) is 58.9 Å². The number of likely N-dealkylation sites (tertiary alicyclic amines) is 1. The Kier molecular flexibility index (Phi) is 7.38. The first-order chi connectivity index (χ1) is 15.4. The monoisotopic (exact) mass is 470 g/mol. The van der Waals surface area contributed by atoms with Crippen LogP contribution in [0, 0.1) is 29.1 Å². The highest BCUT2D eigenvalue weighted by Gasteiger charge is 2.43. The van der Waals surface area contributed by atoms with Crippen LogP contribution in [0.15, 0.2) is 17.7 Å². The largest absolute Gasteiger partial charge is 0.465 e. The van der Waals surface area contributed by atoms with Crippen molar-refractivity contribution in [2.45, 2.75) is 59.9 Å². The number of nitrogens with zero attached hydrogens (tertiary/aromatic N) is 2. The van der Waals surface area contributed by atoms with Crippen molar-refractivity contribution in [2.24, 2.45) is 17.3 Å². The zero-order valence-corrected chi connectivity index (χ0v) is 21.5. The van der Waals surface area contributed by atoms with E-state index in [1.165, 1.54) is 24.0 Å². The third-order valence-electron chi connectivity index (χ3n) is 6.22. The van der Waals surface area contributed by atoms with Crippen molar-refractivity contribution >= 4 is 34.8 Å². The van der Waals surface area contributed by atoms with Crippen molar-refractivity contribution in [3.63, 3.8) is 0 Å². The first kappa shape index (κ1) is 25.0. The number of thiophene rings is 1. The molecule has 7 heteroatoms. The van der Waals surface area contributed by atoms with Crippen molar-refractivity contribution in [2.75, 3.05) is 25.6 Å². The van der Waals surface area contributed by atoms with Gasteiger partial charge in [0.15, 0.2) is 0 Å². The van der Waals surface area contributed by atoms with Crippen molar-refractivity contribution in [1.29, 1.82) is 0 Å². The number of hydrogen-bond donors (Lipinski definition) is 0. The van der Waals surface area contributed by atoms with E-state index in [1.807, 2.05) is 20.8 Å². The minimum Gasteiger partial charge on any atom is -0.465 e. The summed E-state index contributed by atoms with van der Waals surface area (Å²) in [6, 6.07) is 1.14. The molecule has 1 aliphatic carbocycles. The van der Waals surface area contributed by atoms with Gasteiger partial charge in [0, 0.05) is 24.9 Å². The lowest BCUT2D eigenvalue weighted by Crippen LogP contribution is -2.49. The van der Waals surface area contributed by atoms with Gasteiger partial charge >= 0.3 is 5.97 Å². The lowest BCUT2D eigenvalue weighted by Gasteiger charge is -2.35. The Morgan fingerprint density at radius 3 is 2.55 bits per heavy atom. The molecule has 3 rings (SSSR count). The van der Waals surface area contributed by atoms with E-state index in [9.17, 15) is 14.4 Å². The van der Waals surface area contributed by atoms with Crippen LogP contribution in [-0.4, -0.2) is 49.4 Å². The molecule has 1 saturated heterocycles. The quantitative estimate of drug-likeness (QED) is 0.369. The fraction of sp³-hybridized carbons (Fsp3) is 0.577. The van der Waals surface area contributed by atoms with Crippen LogP contribution in [0.1, 0.15) is 68.4 Å². The zero-order valence-electron chi connectivity index (χ0n) is 20.7. The fourth-order valence-corrected chi connectivity index (χ4v) is 5.33. The molecule has 0 spiro atoms. The van der Waals surface area contributed by atoms with Crippen molar-refractivity contribution in [3.05, 3.63) is 27.5 Å². The van der Waals surface area contributed by atoms with Gasteiger partial charge < -0.3 is 9.64 Å². The number of ether oxygens (including phenoxy) is 1. The predicted octanol–water partition coefficient (Wildman–Crippen LogP) is 4.49. The summed E-state index contributed by atoms with van der Waals surface area (Å²) < 4.78 is 5.04. The Morgan fingerprint density at radius 2 is 2.00 bits per heavy atom. The van der Waals surface area contributed by atoms with Gasteiger partial charge in [-0.2, -0.15) is 0 Å². The summed E-state index contributed by atoms with van der Waals surface area (Å²) in [5, 5.41) is 0. The van der Waals surface area contributed by atoms with Crippen molar-refractivity contribution < 1.29 is 19.1 Å². The van der Waals surface area contributed by atoms with Crippen LogP contribution >= 0.6 is 11.3 Å². The van der Waals surface area contributed by atoms with Crippen molar-refractivity contribution in [1.82, 2.24) is 4.90 Å². The highest BCUT2D eigenvalue weighted by Crippen LogP contribution is 2.38. The highest BCUT2D eigenvalue weighted by molar-refractivity contribution is 7.15. The van der Waals surface area contributed by atoms with Crippen molar-refractivity contribution in [3.8, 4) is 11.8 Å². The van der Waals surface area contributed by atoms with E-state index in [4.69, 9.17) is 4.74 Å². The molecule has 6 nitrogen and oxygen atoms in total. The molecule has 3 atom stereocenters. The number of allylic oxidation sites excluding steroid dienone is 2. The molecule has 2 amide bonds. The Bertz CT molecular complexity index is 1040. The maximum absolute atomic E-state index is 14.0. The maximum Gasteiger partial charge on any atom is 0.350 e. The zero-order chi connectivity index (χ0) is 24.5. The van der Waals surface area contributed by atoms with Crippen LogP contribution in [0.4, 0.5) is 5.69 Å². The number of methoxy groups -OCH3 is 1. The van der Waals surface area contributed by atoms with Gasteiger partial charge in [-0.15, -0.1) is 11.3 Å². The third kappa shape index (κ3) is 5.50. The van der Waals surface area contributed by atoms with Crippen LogP contribution in [-0.2, 0) is 14.3 Å². The average molecular weight is 471 g/mol. The highest BCUT2D eigenvalue weighted by atomic mass is 32.1. The molecule has 0 radical (unpaired) electrons. The first-order valence-electron chi connectivity index (χ1n) is 11.4. The molecule has 2 aliphatic rings. The number of anilines is 1. The molecular formula is C26H34N2O4S. The number of carbonyl (C=O) groups is 3. The van der Waals surface area contributed by atoms with Gasteiger partial charge in [0.25, 0.3) is 0 Å². The van der Waals surface area contributed by atoms with E-state index in [-0.39, 0.29) is 29.1 Å². The number of esters is 1. The summed E-state index contributed by atoms with van der Waals surface area (Å²) in [4.78, 5) is 43.9. The van der Waals surface area contributed by atoms with Crippen LogP contribution < -0.4 is 4.90 Å². The van der Waals surface area contributed by atoms with Gasteiger partial charge in [-0.3, -0.25) is 14.5 Å². The molecule has 0 saturated carbocycles. The number of carbonyl (C=O) groups excluding carboxylic acids is 3. The molecule has 0 unspecified atom stereocenters. The van der Waals surface area contributed by atoms with Crippen LogP contribution in [0.3, 0.4) is 0 Å². The molecular weight excluding hydrogens is 436 g/mol. The van der Waals surface area contributed by atoms with E-state index in [0.717, 1.165) is 6.42 Å². The van der Waals surface area contributed by atoms with Gasteiger partial charge in [-0.25, -0.2) is 4.79 Å². The minimum atomic E-state index is -0.636. The molecule has 2 heterocycles. The lowest BCUT2D eigenvalue weighted by atomic mass is 9.80. The molecule has 0 bridgehead atoms. The van der Waals surface area contributed by atoms with Gasteiger partial charge in [0.05, 0.1) is 17.7 Å². The number of amides is 2.